The molecule has 1 heterocycles. The Hall–Kier alpha value is -1.30. The van der Waals surface area contributed by atoms with Crippen molar-refractivity contribution in [2.75, 3.05) is 44.6 Å². The molecule has 0 aromatic heterocycles. The van der Waals surface area contributed by atoms with Crippen molar-refractivity contribution in [3.8, 4) is 0 Å². The molecule has 1 aliphatic heterocycles. The Balaban J connectivity index is 1.89. The molecular weight excluding hydrogens is 266 g/mol. The highest BCUT2D eigenvalue weighted by Crippen LogP contribution is 2.20. The Bertz CT molecular complexity index is 448. The van der Waals surface area contributed by atoms with Crippen molar-refractivity contribution >= 4 is 23.3 Å². The topological polar surface area (TPSA) is 64.6 Å². The summed E-state index contributed by atoms with van der Waals surface area (Å²) in [4.78, 5) is 13.5. The lowest BCUT2D eigenvalue weighted by Gasteiger charge is -2.27. The van der Waals surface area contributed by atoms with Crippen molar-refractivity contribution in [1.29, 1.82) is 0 Å². The third-order valence-electron chi connectivity index (χ3n) is 3.17. The number of anilines is 1. The summed E-state index contributed by atoms with van der Waals surface area (Å²) >= 11 is 5.81. The van der Waals surface area contributed by atoms with Gasteiger partial charge in [0.05, 0.1) is 5.56 Å². The van der Waals surface area contributed by atoms with Crippen molar-refractivity contribution in [2.24, 2.45) is 0 Å². The summed E-state index contributed by atoms with van der Waals surface area (Å²) in [5.74, 6) is -0.966. The van der Waals surface area contributed by atoms with E-state index in [1.807, 2.05) is 0 Å². The number of aromatic carboxylic acids is 1. The molecule has 104 valence electrons. The van der Waals surface area contributed by atoms with Gasteiger partial charge in [0.1, 0.15) is 0 Å². The minimum absolute atomic E-state index is 0.216. The summed E-state index contributed by atoms with van der Waals surface area (Å²) in [6, 6.07) is 4.88. The largest absolute Gasteiger partial charge is 0.478 e. The number of benzene rings is 1. The van der Waals surface area contributed by atoms with Crippen LogP contribution in [0, 0.1) is 0 Å². The molecule has 0 atom stereocenters. The molecule has 6 heteroatoms. The fourth-order valence-electron chi connectivity index (χ4n) is 2.13. The SMILES string of the molecule is O=C(O)c1cc(Cl)ccc1NCCN1CCNCC1. The molecule has 5 nitrogen and oxygen atoms in total. The Morgan fingerprint density at radius 2 is 2.16 bits per heavy atom. The summed E-state index contributed by atoms with van der Waals surface area (Å²) in [5.41, 5.74) is 0.833. The second-order valence-electron chi connectivity index (χ2n) is 4.51. The number of carbonyl (C=O) groups is 1. The van der Waals surface area contributed by atoms with E-state index in [2.05, 4.69) is 15.5 Å². The van der Waals surface area contributed by atoms with Gasteiger partial charge in [-0.3, -0.25) is 4.90 Å². The molecular formula is C13H18ClN3O2. The summed E-state index contributed by atoms with van der Waals surface area (Å²) in [6.45, 7) is 5.73. The van der Waals surface area contributed by atoms with Crippen LogP contribution in [0.5, 0.6) is 0 Å². The molecule has 0 saturated carbocycles. The molecule has 0 bridgehead atoms. The minimum Gasteiger partial charge on any atom is -0.478 e. The maximum atomic E-state index is 11.1. The number of nitrogens with zero attached hydrogens (tertiary/aromatic N) is 1. The van der Waals surface area contributed by atoms with E-state index in [0.29, 0.717) is 10.7 Å². The lowest BCUT2D eigenvalue weighted by molar-refractivity contribution is 0.0698. The smallest absolute Gasteiger partial charge is 0.337 e. The van der Waals surface area contributed by atoms with Gasteiger partial charge in [-0.05, 0) is 18.2 Å². The van der Waals surface area contributed by atoms with Crippen LogP contribution < -0.4 is 10.6 Å². The first kappa shape index (κ1) is 14.1. The molecule has 1 fully saturated rings. The molecule has 3 N–H and O–H groups in total. The number of carboxylic acids is 1. The maximum absolute atomic E-state index is 11.1. The summed E-state index contributed by atoms with van der Waals surface area (Å²) in [6.07, 6.45) is 0. The van der Waals surface area contributed by atoms with Crippen molar-refractivity contribution in [3.05, 3.63) is 28.8 Å². The second-order valence-corrected chi connectivity index (χ2v) is 4.95. The molecule has 0 aliphatic carbocycles. The Morgan fingerprint density at radius 3 is 2.84 bits per heavy atom. The van der Waals surface area contributed by atoms with Gasteiger partial charge in [-0.2, -0.15) is 0 Å². The molecule has 19 heavy (non-hydrogen) atoms. The Kier molecular flexibility index (Phi) is 5.01. The van der Waals surface area contributed by atoms with E-state index >= 15 is 0 Å². The van der Waals surface area contributed by atoms with Crippen LogP contribution >= 0.6 is 11.6 Å². The van der Waals surface area contributed by atoms with E-state index in [0.717, 1.165) is 39.3 Å². The monoisotopic (exact) mass is 283 g/mol. The van der Waals surface area contributed by atoms with Crippen molar-refractivity contribution in [2.45, 2.75) is 0 Å². The number of halogens is 1. The first-order chi connectivity index (χ1) is 9.16. The molecule has 1 aromatic rings. The Labute approximate surface area is 117 Å². The quantitative estimate of drug-likeness (QED) is 0.761. The summed E-state index contributed by atoms with van der Waals surface area (Å²) in [5, 5.41) is 16.0. The third kappa shape index (κ3) is 4.09. The highest BCUT2D eigenvalue weighted by molar-refractivity contribution is 6.31. The molecule has 0 spiro atoms. The maximum Gasteiger partial charge on any atom is 0.337 e. The summed E-state index contributed by atoms with van der Waals surface area (Å²) < 4.78 is 0. The van der Waals surface area contributed by atoms with Crippen LogP contribution in [0.3, 0.4) is 0 Å². The first-order valence-electron chi connectivity index (χ1n) is 6.36. The van der Waals surface area contributed by atoms with Gasteiger partial charge in [-0.15, -0.1) is 0 Å². The molecule has 0 unspecified atom stereocenters. The van der Waals surface area contributed by atoms with Gasteiger partial charge in [0.2, 0.25) is 0 Å². The Morgan fingerprint density at radius 1 is 1.42 bits per heavy atom. The number of hydrogen-bond donors (Lipinski definition) is 3. The predicted octanol–water partition coefficient (Wildman–Crippen LogP) is 1.36. The number of piperazine rings is 1. The van der Waals surface area contributed by atoms with Crippen LogP contribution in [0.25, 0.3) is 0 Å². The van der Waals surface area contributed by atoms with E-state index in [-0.39, 0.29) is 5.56 Å². The summed E-state index contributed by atoms with van der Waals surface area (Å²) in [7, 11) is 0. The van der Waals surface area contributed by atoms with E-state index in [1.54, 1.807) is 12.1 Å². The van der Waals surface area contributed by atoms with Crippen LogP contribution in [0.15, 0.2) is 18.2 Å². The fraction of sp³-hybridized carbons (Fsp3) is 0.462. The van der Waals surface area contributed by atoms with Crippen LogP contribution in [0.1, 0.15) is 10.4 Å². The van der Waals surface area contributed by atoms with Crippen LogP contribution in [0.4, 0.5) is 5.69 Å². The standard InChI is InChI=1S/C13H18ClN3O2/c14-10-1-2-12(11(9-10)13(18)19)16-5-8-17-6-3-15-4-7-17/h1-2,9,15-16H,3-8H2,(H,18,19). The predicted molar refractivity (Wildman–Crippen MR) is 76.2 cm³/mol. The molecule has 1 aliphatic rings. The third-order valence-corrected chi connectivity index (χ3v) is 3.40. The zero-order valence-corrected chi connectivity index (χ0v) is 11.4. The number of hydrogen-bond acceptors (Lipinski definition) is 4. The van der Waals surface area contributed by atoms with Crippen molar-refractivity contribution in [1.82, 2.24) is 10.2 Å². The highest BCUT2D eigenvalue weighted by atomic mass is 35.5. The molecule has 0 amide bonds. The van der Waals surface area contributed by atoms with Gasteiger partial charge < -0.3 is 15.7 Å². The van der Waals surface area contributed by atoms with Gasteiger partial charge in [-0.25, -0.2) is 4.79 Å². The average molecular weight is 284 g/mol. The van der Waals surface area contributed by atoms with E-state index in [9.17, 15) is 4.79 Å². The van der Waals surface area contributed by atoms with Crippen LogP contribution in [0.2, 0.25) is 5.02 Å². The van der Waals surface area contributed by atoms with Crippen molar-refractivity contribution in [3.63, 3.8) is 0 Å². The zero-order valence-electron chi connectivity index (χ0n) is 10.7. The van der Waals surface area contributed by atoms with Crippen molar-refractivity contribution < 1.29 is 9.90 Å². The van der Waals surface area contributed by atoms with Crippen LogP contribution in [-0.4, -0.2) is 55.2 Å². The van der Waals surface area contributed by atoms with Gasteiger partial charge in [-0.1, -0.05) is 11.6 Å². The second kappa shape index (κ2) is 6.75. The number of carboxylic acid groups (broad SMARTS) is 1. The van der Waals surface area contributed by atoms with Gasteiger partial charge in [0.25, 0.3) is 0 Å². The normalized spacial score (nSPS) is 16.3. The average Bonchev–Trinajstić information content (AvgIpc) is 2.41. The lowest BCUT2D eigenvalue weighted by atomic mass is 10.2. The zero-order chi connectivity index (χ0) is 13.7. The number of nitrogens with one attached hydrogen (secondary N) is 2. The van der Waals surface area contributed by atoms with Gasteiger partial charge in [0.15, 0.2) is 0 Å². The molecule has 2 rings (SSSR count). The fourth-order valence-corrected chi connectivity index (χ4v) is 2.30. The lowest BCUT2D eigenvalue weighted by Crippen LogP contribution is -2.45. The highest BCUT2D eigenvalue weighted by Gasteiger charge is 2.12. The molecule has 1 saturated heterocycles. The molecule has 1 aromatic carbocycles. The van der Waals surface area contributed by atoms with E-state index < -0.39 is 5.97 Å². The van der Waals surface area contributed by atoms with Gasteiger partial charge >= 0.3 is 5.97 Å². The van der Waals surface area contributed by atoms with E-state index in [4.69, 9.17) is 16.7 Å². The number of rotatable bonds is 5. The van der Waals surface area contributed by atoms with E-state index in [1.165, 1.54) is 6.07 Å². The van der Waals surface area contributed by atoms with Crippen LogP contribution in [-0.2, 0) is 0 Å². The van der Waals surface area contributed by atoms with Gasteiger partial charge in [0, 0.05) is 50.0 Å². The first-order valence-corrected chi connectivity index (χ1v) is 6.74. The minimum atomic E-state index is -0.966. The molecule has 0 radical (unpaired) electrons.